The molecule has 0 spiro atoms. The minimum Gasteiger partial charge on any atom is -0.493 e. The van der Waals surface area contributed by atoms with Crippen molar-refractivity contribution in [1.82, 2.24) is 4.57 Å². The van der Waals surface area contributed by atoms with Gasteiger partial charge in [-0.2, -0.15) is 0 Å². The molecule has 17 heavy (non-hydrogen) atoms. The fourth-order valence-corrected chi connectivity index (χ4v) is 1.92. The third-order valence-electron chi connectivity index (χ3n) is 2.72. The van der Waals surface area contributed by atoms with E-state index in [1.54, 1.807) is 0 Å². The number of benzene rings is 1. The molecule has 2 rings (SSSR count). The fraction of sp³-hybridized carbons (Fsp3) is 0.357. The Morgan fingerprint density at radius 1 is 1.35 bits per heavy atom. The van der Waals surface area contributed by atoms with Crippen LogP contribution >= 0.6 is 0 Å². The predicted octanol–water partition coefficient (Wildman–Crippen LogP) is 3.02. The van der Waals surface area contributed by atoms with Crippen LogP contribution in [0.4, 0.5) is 0 Å². The Hall–Kier alpha value is -1.77. The predicted molar refractivity (Wildman–Crippen MR) is 68.4 cm³/mol. The minimum atomic E-state index is 0.545. The summed E-state index contributed by atoms with van der Waals surface area (Å²) in [5.74, 6) is 0.925. The standard InChI is InChI=1S/C14H17NO2/c1-2-11-17-14-6-3-5-13-12(14)7-9-15(13)8-4-10-16/h3,5-7,9-10H,2,4,8,11H2,1H3. The summed E-state index contributed by atoms with van der Waals surface area (Å²) in [6, 6.07) is 8.08. The van der Waals surface area contributed by atoms with Gasteiger partial charge in [-0.05, 0) is 24.6 Å². The van der Waals surface area contributed by atoms with Crippen LogP contribution in [0.15, 0.2) is 30.5 Å². The first kappa shape index (κ1) is 11.7. The molecule has 1 aromatic heterocycles. The molecular weight excluding hydrogens is 214 g/mol. The van der Waals surface area contributed by atoms with E-state index in [2.05, 4.69) is 17.6 Å². The molecule has 0 N–H and O–H groups in total. The third kappa shape index (κ3) is 2.49. The maximum Gasteiger partial charge on any atom is 0.128 e. The van der Waals surface area contributed by atoms with E-state index in [1.807, 2.05) is 24.4 Å². The molecule has 1 aromatic carbocycles. The molecule has 0 radical (unpaired) electrons. The molecule has 0 aliphatic rings. The summed E-state index contributed by atoms with van der Waals surface area (Å²) in [6.07, 6.45) is 4.50. The van der Waals surface area contributed by atoms with Gasteiger partial charge >= 0.3 is 0 Å². The first-order valence-electron chi connectivity index (χ1n) is 6.01. The molecule has 0 aliphatic carbocycles. The van der Waals surface area contributed by atoms with Crippen LogP contribution in [0.3, 0.4) is 0 Å². The lowest BCUT2D eigenvalue weighted by atomic mass is 10.2. The van der Waals surface area contributed by atoms with Gasteiger partial charge in [0.25, 0.3) is 0 Å². The van der Waals surface area contributed by atoms with Gasteiger partial charge in [-0.25, -0.2) is 0 Å². The van der Waals surface area contributed by atoms with E-state index in [0.717, 1.165) is 42.5 Å². The van der Waals surface area contributed by atoms with Gasteiger partial charge in [-0.15, -0.1) is 0 Å². The first-order valence-corrected chi connectivity index (χ1v) is 6.01. The van der Waals surface area contributed by atoms with Gasteiger partial charge in [0.1, 0.15) is 12.0 Å². The van der Waals surface area contributed by atoms with Crippen molar-refractivity contribution in [3.05, 3.63) is 30.5 Å². The van der Waals surface area contributed by atoms with Gasteiger partial charge < -0.3 is 14.1 Å². The van der Waals surface area contributed by atoms with Crippen LogP contribution in [0, 0.1) is 0 Å². The molecule has 0 saturated carbocycles. The first-order chi connectivity index (χ1) is 8.36. The van der Waals surface area contributed by atoms with Crippen LogP contribution in [0.5, 0.6) is 5.75 Å². The van der Waals surface area contributed by atoms with Gasteiger partial charge in [0.2, 0.25) is 0 Å². The smallest absolute Gasteiger partial charge is 0.128 e. The SMILES string of the molecule is CCCOc1cccc2c1ccn2CCC=O. The fourth-order valence-electron chi connectivity index (χ4n) is 1.92. The Morgan fingerprint density at radius 3 is 3.00 bits per heavy atom. The number of hydrogen-bond donors (Lipinski definition) is 0. The maximum atomic E-state index is 10.4. The molecule has 3 heteroatoms. The lowest BCUT2D eigenvalue weighted by molar-refractivity contribution is -0.108. The summed E-state index contributed by atoms with van der Waals surface area (Å²) in [5.41, 5.74) is 1.13. The van der Waals surface area contributed by atoms with E-state index in [-0.39, 0.29) is 0 Å². The van der Waals surface area contributed by atoms with Crippen LogP contribution in [0.25, 0.3) is 10.9 Å². The zero-order valence-electron chi connectivity index (χ0n) is 10.1. The van der Waals surface area contributed by atoms with E-state index in [9.17, 15) is 4.79 Å². The maximum absolute atomic E-state index is 10.4. The van der Waals surface area contributed by atoms with Gasteiger partial charge in [-0.1, -0.05) is 13.0 Å². The monoisotopic (exact) mass is 231 g/mol. The Morgan fingerprint density at radius 2 is 2.24 bits per heavy atom. The largest absolute Gasteiger partial charge is 0.493 e. The summed E-state index contributed by atoms with van der Waals surface area (Å²) in [4.78, 5) is 10.4. The Labute approximate surface area is 101 Å². The van der Waals surface area contributed by atoms with Crippen LogP contribution in [0.1, 0.15) is 19.8 Å². The number of aryl methyl sites for hydroxylation is 1. The summed E-state index contributed by atoms with van der Waals surface area (Å²) >= 11 is 0. The molecule has 1 heterocycles. The van der Waals surface area contributed by atoms with Crippen LogP contribution in [-0.4, -0.2) is 17.5 Å². The second-order valence-electron chi connectivity index (χ2n) is 4.00. The van der Waals surface area contributed by atoms with Crippen LogP contribution in [-0.2, 0) is 11.3 Å². The number of nitrogens with zero attached hydrogens (tertiary/aromatic N) is 1. The molecule has 3 nitrogen and oxygen atoms in total. The second kappa shape index (κ2) is 5.53. The van der Waals surface area contributed by atoms with Gasteiger partial charge in [0.05, 0.1) is 12.1 Å². The molecule has 0 aliphatic heterocycles. The van der Waals surface area contributed by atoms with E-state index in [1.165, 1.54) is 0 Å². The highest BCUT2D eigenvalue weighted by Crippen LogP contribution is 2.26. The molecule has 0 saturated heterocycles. The van der Waals surface area contributed by atoms with Crippen molar-refractivity contribution in [2.24, 2.45) is 0 Å². The number of aromatic nitrogens is 1. The molecular formula is C14H17NO2. The number of carbonyl (C=O) groups excluding carboxylic acids is 1. The molecule has 0 bridgehead atoms. The number of fused-ring (bicyclic) bond motifs is 1. The molecule has 0 unspecified atom stereocenters. The number of hydrogen-bond acceptors (Lipinski definition) is 2. The van der Waals surface area contributed by atoms with Crippen molar-refractivity contribution in [2.45, 2.75) is 26.3 Å². The Bertz CT molecular complexity index is 502. The van der Waals surface area contributed by atoms with Gasteiger partial charge in [0, 0.05) is 24.5 Å². The number of carbonyl (C=O) groups is 1. The molecule has 90 valence electrons. The van der Waals surface area contributed by atoms with Crippen molar-refractivity contribution in [1.29, 1.82) is 0 Å². The molecule has 0 atom stereocenters. The second-order valence-corrected chi connectivity index (χ2v) is 4.00. The van der Waals surface area contributed by atoms with E-state index in [4.69, 9.17) is 4.74 Å². The topological polar surface area (TPSA) is 31.2 Å². The van der Waals surface area contributed by atoms with Crippen molar-refractivity contribution in [3.8, 4) is 5.75 Å². The Kier molecular flexibility index (Phi) is 3.81. The highest BCUT2D eigenvalue weighted by Gasteiger charge is 2.05. The highest BCUT2D eigenvalue weighted by molar-refractivity contribution is 5.86. The van der Waals surface area contributed by atoms with Crippen molar-refractivity contribution >= 4 is 17.2 Å². The summed E-state index contributed by atoms with van der Waals surface area (Å²) in [6.45, 7) is 3.55. The minimum absolute atomic E-state index is 0.545. The average molecular weight is 231 g/mol. The molecule has 0 amide bonds. The van der Waals surface area contributed by atoms with Crippen molar-refractivity contribution in [2.75, 3.05) is 6.61 Å². The third-order valence-corrected chi connectivity index (χ3v) is 2.72. The van der Waals surface area contributed by atoms with E-state index < -0.39 is 0 Å². The van der Waals surface area contributed by atoms with Crippen molar-refractivity contribution < 1.29 is 9.53 Å². The normalized spacial score (nSPS) is 10.6. The number of rotatable bonds is 6. The lowest BCUT2D eigenvalue weighted by Gasteiger charge is -2.07. The molecule has 0 fully saturated rings. The average Bonchev–Trinajstić information content (AvgIpc) is 2.77. The van der Waals surface area contributed by atoms with Crippen LogP contribution < -0.4 is 4.74 Å². The Balaban J connectivity index is 2.31. The zero-order chi connectivity index (χ0) is 12.1. The van der Waals surface area contributed by atoms with Gasteiger partial charge in [-0.3, -0.25) is 0 Å². The lowest BCUT2D eigenvalue weighted by Crippen LogP contribution is -1.97. The molecule has 2 aromatic rings. The number of aldehydes is 1. The highest BCUT2D eigenvalue weighted by atomic mass is 16.5. The summed E-state index contributed by atoms with van der Waals surface area (Å²) in [5, 5.41) is 1.12. The van der Waals surface area contributed by atoms with Gasteiger partial charge in [0.15, 0.2) is 0 Å². The van der Waals surface area contributed by atoms with E-state index in [0.29, 0.717) is 6.42 Å². The van der Waals surface area contributed by atoms with E-state index >= 15 is 0 Å². The number of ether oxygens (including phenoxy) is 1. The summed E-state index contributed by atoms with van der Waals surface area (Å²) < 4.78 is 7.79. The van der Waals surface area contributed by atoms with Crippen LogP contribution in [0.2, 0.25) is 0 Å². The van der Waals surface area contributed by atoms with Crippen molar-refractivity contribution in [3.63, 3.8) is 0 Å². The quantitative estimate of drug-likeness (QED) is 0.715. The zero-order valence-corrected chi connectivity index (χ0v) is 10.1. The summed E-state index contributed by atoms with van der Waals surface area (Å²) in [7, 11) is 0.